The second kappa shape index (κ2) is 7.78. The molecule has 0 aliphatic rings. The van der Waals surface area contributed by atoms with E-state index >= 15 is 0 Å². The topological polar surface area (TPSA) is 71.1 Å². The van der Waals surface area contributed by atoms with E-state index in [1.165, 1.54) is 30.5 Å². The lowest BCUT2D eigenvalue weighted by atomic mass is 10.1. The summed E-state index contributed by atoms with van der Waals surface area (Å²) in [6.45, 7) is 2.40. The molecule has 2 N–H and O–H groups in total. The summed E-state index contributed by atoms with van der Waals surface area (Å²) in [5.41, 5.74) is -0.701. The molecule has 5 nitrogen and oxygen atoms in total. The zero-order valence-electron chi connectivity index (χ0n) is 13.4. The second-order valence-corrected chi connectivity index (χ2v) is 5.22. The maximum absolute atomic E-state index is 12.7. The summed E-state index contributed by atoms with van der Waals surface area (Å²) in [4.78, 5) is 27.9. The first-order valence-electron chi connectivity index (χ1n) is 7.54. The first-order valence-corrected chi connectivity index (χ1v) is 7.54. The SMILES string of the molecule is CCCNC(=O)c1ccnc(C(=O)Nc2cccc(C(F)(F)F)c2)c1. The van der Waals surface area contributed by atoms with Gasteiger partial charge < -0.3 is 10.6 Å². The van der Waals surface area contributed by atoms with Crippen LogP contribution < -0.4 is 10.6 Å². The molecular formula is C17H16F3N3O2. The summed E-state index contributed by atoms with van der Waals surface area (Å²) in [5.74, 6) is -1.05. The van der Waals surface area contributed by atoms with E-state index in [0.29, 0.717) is 6.54 Å². The molecule has 0 bridgehead atoms. The van der Waals surface area contributed by atoms with E-state index in [2.05, 4.69) is 15.6 Å². The van der Waals surface area contributed by atoms with Crippen molar-refractivity contribution in [2.45, 2.75) is 19.5 Å². The number of benzene rings is 1. The van der Waals surface area contributed by atoms with Gasteiger partial charge in [-0.1, -0.05) is 13.0 Å². The molecular weight excluding hydrogens is 335 g/mol. The number of hydrogen-bond acceptors (Lipinski definition) is 3. The van der Waals surface area contributed by atoms with Crippen LogP contribution in [0.15, 0.2) is 42.6 Å². The van der Waals surface area contributed by atoms with Crippen LogP contribution in [0.4, 0.5) is 18.9 Å². The van der Waals surface area contributed by atoms with E-state index in [9.17, 15) is 22.8 Å². The Morgan fingerprint density at radius 3 is 2.56 bits per heavy atom. The fraction of sp³-hybridized carbons (Fsp3) is 0.235. The molecule has 0 fully saturated rings. The molecule has 2 rings (SSSR count). The lowest BCUT2D eigenvalue weighted by molar-refractivity contribution is -0.137. The highest BCUT2D eigenvalue weighted by atomic mass is 19.4. The minimum atomic E-state index is -4.50. The molecule has 0 radical (unpaired) electrons. The maximum atomic E-state index is 12.7. The third kappa shape index (κ3) is 5.03. The summed E-state index contributed by atoms with van der Waals surface area (Å²) >= 11 is 0. The number of anilines is 1. The molecule has 1 aromatic heterocycles. The van der Waals surface area contributed by atoms with Gasteiger partial charge in [-0.2, -0.15) is 13.2 Å². The van der Waals surface area contributed by atoms with E-state index in [0.717, 1.165) is 18.6 Å². The number of aromatic nitrogens is 1. The van der Waals surface area contributed by atoms with Crippen LogP contribution in [-0.2, 0) is 6.18 Å². The molecule has 1 aromatic carbocycles. The van der Waals surface area contributed by atoms with Crippen LogP contribution in [0.3, 0.4) is 0 Å². The molecule has 0 unspecified atom stereocenters. The van der Waals surface area contributed by atoms with Crippen LogP contribution in [-0.4, -0.2) is 23.3 Å². The highest BCUT2D eigenvalue weighted by molar-refractivity contribution is 6.04. The van der Waals surface area contributed by atoms with Crippen molar-refractivity contribution in [1.82, 2.24) is 10.3 Å². The minimum Gasteiger partial charge on any atom is -0.352 e. The third-order valence-electron chi connectivity index (χ3n) is 3.24. The Bertz CT molecular complexity index is 776. The van der Waals surface area contributed by atoms with Crippen molar-refractivity contribution in [2.24, 2.45) is 0 Å². The van der Waals surface area contributed by atoms with E-state index in [-0.39, 0.29) is 22.9 Å². The second-order valence-electron chi connectivity index (χ2n) is 5.22. The van der Waals surface area contributed by atoms with E-state index in [1.807, 2.05) is 6.92 Å². The molecule has 0 saturated heterocycles. The van der Waals surface area contributed by atoms with Crippen molar-refractivity contribution in [3.05, 3.63) is 59.4 Å². The van der Waals surface area contributed by atoms with Gasteiger partial charge in [-0.05, 0) is 36.8 Å². The zero-order valence-corrected chi connectivity index (χ0v) is 13.4. The monoisotopic (exact) mass is 351 g/mol. The molecule has 132 valence electrons. The van der Waals surface area contributed by atoms with E-state index < -0.39 is 17.6 Å². The number of carbonyl (C=O) groups excluding carboxylic acids is 2. The van der Waals surface area contributed by atoms with Gasteiger partial charge >= 0.3 is 6.18 Å². The lowest BCUT2D eigenvalue weighted by Gasteiger charge is -2.10. The number of hydrogen-bond donors (Lipinski definition) is 2. The maximum Gasteiger partial charge on any atom is 0.416 e. The van der Waals surface area contributed by atoms with Crippen LogP contribution >= 0.6 is 0 Å². The number of amides is 2. The molecule has 25 heavy (non-hydrogen) atoms. The normalized spacial score (nSPS) is 11.0. The number of carbonyl (C=O) groups is 2. The van der Waals surface area contributed by atoms with Crippen LogP contribution in [0.5, 0.6) is 0 Å². The molecule has 0 atom stereocenters. The predicted octanol–water partition coefficient (Wildman–Crippen LogP) is 3.49. The molecule has 1 heterocycles. The largest absolute Gasteiger partial charge is 0.416 e. The zero-order chi connectivity index (χ0) is 18.4. The molecule has 8 heteroatoms. The quantitative estimate of drug-likeness (QED) is 0.866. The van der Waals surface area contributed by atoms with Crippen LogP contribution in [0, 0.1) is 0 Å². The van der Waals surface area contributed by atoms with Gasteiger partial charge in [0.1, 0.15) is 5.69 Å². The number of halogens is 3. The number of nitrogens with zero attached hydrogens (tertiary/aromatic N) is 1. The van der Waals surface area contributed by atoms with Crippen molar-refractivity contribution >= 4 is 17.5 Å². The Balaban J connectivity index is 2.15. The van der Waals surface area contributed by atoms with Gasteiger partial charge in [-0.3, -0.25) is 14.6 Å². The van der Waals surface area contributed by atoms with Gasteiger partial charge in [0.05, 0.1) is 5.56 Å². The van der Waals surface area contributed by atoms with Crippen LogP contribution in [0.25, 0.3) is 0 Å². The average molecular weight is 351 g/mol. The molecule has 2 aromatic rings. The molecule has 0 saturated carbocycles. The van der Waals surface area contributed by atoms with E-state index in [4.69, 9.17) is 0 Å². The number of nitrogens with one attached hydrogen (secondary N) is 2. The Morgan fingerprint density at radius 1 is 1.12 bits per heavy atom. The van der Waals surface area contributed by atoms with Gasteiger partial charge in [0.15, 0.2) is 0 Å². The average Bonchev–Trinajstić information content (AvgIpc) is 2.59. The number of pyridine rings is 1. The summed E-state index contributed by atoms with van der Waals surface area (Å²) in [6, 6.07) is 7.01. The van der Waals surface area contributed by atoms with Gasteiger partial charge in [0, 0.05) is 24.0 Å². The van der Waals surface area contributed by atoms with Crippen molar-refractivity contribution in [3.8, 4) is 0 Å². The molecule has 0 aliphatic heterocycles. The van der Waals surface area contributed by atoms with Gasteiger partial charge in [-0.25, -0.2) is 0 Å². The summed E-state index contributed by atoms with van der Waals surface area (Å²) in [6.07, 6.45) is -2.45. The fourth-order valence-corrected chi connectivity index (χ4v) is 2.00. The Morgan fingerprint density at radius 2 is 1.88 bits per heavy atom. The van der Waals surface area contributed by atoms with Crippen LogP contribution in [0.2, 0.25) is 0 Å². The van der Waals surface area contributed by atoms with Crippen molar-refractivity contribution < 1.29 is 22.8 Å². The Kier molecular flexibility index (Phi) is 5.74. The van der Waals surface area contributed by atoms with E-state index in [1.54, 1.807) is 0 Å². The number of alkyl halides is 3. The highest BCUT2D eigenvalue weighted by Crippen LogP contribution is 2.30. The third-order valence-corrected chi connectivity index (χ3v) is 3.24. The lowest BCUT2D eigenvalue weighted by Crippen LogP contribution is -2.24. The molecule has 0 aliphatic carbocycles. The van der Waals surface area contributed by atoms with Gasteiger partial charge in [-0.15, -0.1) is 0 Å². The summed E-state index contributed by atoms with van der Waals surface area (Å²) in [7, 11) is 0. The Hall–Kier alpha value is -2.90. The summed E-state index contributed by atoms with van der Waals surface area (Å²) < 4.78 is 38.1. The van der Waals surface area contributed by atoms with Crippen LogP contribution in [0.1, 0.15) is 39.8 Å². The molecule has 2 amide bonds. The van der Waals surface area contributed by atoms with Gasteiger partial charge in [0.25, 0.3) is 11.8 Å². The Labute approximate surface area is 142 Å². The minimum absolute atomic E-state index is 0.0116. The standard InChI is InChI=1S/C17H16F3N3O2/c1-2-7-22-15(24)11-6-8-21-14(9-11)16(25)23-13-5-3-4-12(10-13)17(18,19)20/h3-6,8-10H,2,7H2,1H3,(H,22,24)(H,23,25). The van der Waals surface area contributed by atoms with Crippen molar-refractivity contribution in [2.75, 3.05) is 11.9 Å². The fourth-order valence-electron chi connectivity index (χ4n) is 2.00. The predicted molar refractivity (Wildman–Crippen MR) is 86.3 cm³/mol. The highest BCUT2D eigenvalue weighted by Gasteiger charge is 2.30. The first-order chi connectivity index (χ1) is 11.8. The first kappa shape index (κ1) is 18.4. The molecule has 0 spiro atoms. The summed E-state index contributed by atoms with van der Waals surface area (Å²) in [5, 5.41) is 5.01. The van der Waals surface area contributed by atoms with Gasteiger partial charge in [0.2, 0.25) is 0 Å². The van der Waals surface area contributed by atoms with Crippen molar-refractivity contribution in [3.63, 3.8) is 0 Å². The van der Waals surface area contributed by atoms with Crippen molar-refractivity contribution in [1.29, 1.82) is 0 Å². The smallest absolute Gasteiger partial charge is 0.352 e. The number of rotatable bonds is 5.